The van der Waals surface area contributed by atoms with Gasteiger partial charge in [-0.05, 0) is 47.9 Å². The Kier molecular flexibility index (Phi) is 5.40. The Labute approximate surface area is 175 Å². The first-order valence-corrected chi connectivity index (χ1v) is 12.2. The average Bonchev–Trinajstić information content (AvgIpc) is 3.15. The molecule has 0 bridgehead atoms. The maximum atomic E-state index is 12.5. The Morgan fingerprint density at radius 1 is 1.03 bits per heavy atom. The van der Waals surface area contributed by atoms with Crippen LogP contribution in [0.1, 0.15) is 35.7 Å². The predicted octanol–water partition coefficient (Wildman–Crippen LogP) is 3.74. The number of carbonyl (C=O) groups is 1. The molecule has 0 spiro atoms. The summed E-state index contributed by atoms with van der Waals surface area (Å²) in [6, 6.07) is 14.9. The number of aliphatic imine (C=N–C) groups is 1. The Balaban J connectivity index is 1.36. The van der Waals surface area contributed by atoms with E-state index in [1.54, 1.807) is 12.1 Å². The van der Waals surface area contributed by atoms with Crippen LogP contribution in [0.2, 0.25) is 0 Å². The molecule has 2 aromatic carbocycles. The van der Waals surface area contributed by atoms with E-state index < -0.39 is 9.84 Å². The van der Waals surface area contributed by atoms with Gasteiger partial charge in [0.15, 0.2) is 15.0 Å². The van der Waals surface area contributed by atoms with E-state index in [1.807, 2.05) is 36.4 Å². The third-order valence-corrected chi connectivity index (χ3v) is 8.19. The van der Waals surface area contributed by atoms with Crippen molar-refractivity contribution in [2.75, 3.05) is 22.1 Å². The van der Waals surface area contributed by atoms with Gasteiger partial charge in [0.1, 0.15) is 0 Å². The number of fused-ring (bicyclic) bond motifs is 1. The van der Waals surface area contributed by atoms with Crippen molar-refractivity contribution >= 4 is 44.0 Å². The van der Waals surface area contributed by atoms with Crippen molar-refractivity contribution in [3.63, 3.8) is 0 Å². The second kappa shape index (κ2) is 7.84. The molecule has 2 N–H and O–H groups in total. The highest BCUT2D eigenvalue weighted by atomic mass is 32.2. The number of nitrogens with one attached hydrogen (secondary N) is 2. The molecule has 2 atom stereocenters. The summed E-state index contributed by atoms with van der Waals surface area (Å²) in [7, 11) is -2.95. The largest absolute Gasteiger partial charge is 0.335 e. The molecule has 29 heavy (non-hydrogen) atoms. The van der Waals surface area contributed by atoms with Crippen molar-refractivity contribution in [2.24, 2.45) is 4.99 Å². The predicted molar refractivity (Wildman–Crippen MR) is 120 cm³/mol. The van der Waals surface area contributed by atoms with Crippen LogP contribution in [0.3, 0.4) is 0 Å². The summed E-state index contributed by atoms with van der Waals surface area (Å²) in [6.07, 6.45) is 0. The zero-order chi connectivity index (χ0) is 20.6. The third kappa shape index (κ3) is 4.64. The molecule has 0 aliphatic carbocycles. The number of hydrogen-bond donors (Lipinski definition) is 2. The number of nitrogens with zero attached hydrogens (tertiary/aromatic N) is 1. The summed E-state index contributed by atoms with van der Waals surface area (Å²) in [5, 5.41) is 6.87. The van der Waals surface area contributed by atoms with Gasteiger partial charge in [-0.1, -0.05) is 37.7 Å². The zero-order valence-electron chi connectivity index (χ0n) is 16.3. The number of benzene rings is 2. The first kappa shape index (κ1) is 20.0. The molecule has 0 radical (unpaired) electrons. The number of carbonyl (C=O) groups excluding carboxylic acids is 1. The van der Waals surface area contributed by atoms with Gasteiger partial charge in [0.25, 0.3) is 5.91 Å². The van der Waals surface area contributed by atoms with E-state index in [4.69, 9.17) is 0 Å². The van der Waals surface area contributed by atoms with Gasteiger partial charge in [0, 0.05) is 22.2 Å². The van der Waals surface area contributed by atoms with Crippen LogP contribution in [0.5, 0.6) is 0 Å². The highest BCUT2D eigenvalue weighted by molar-refractivity contribution is 8.15. The van der Waals surface area contributed by atoms with Gasteiger partial charge in [0.05, 0.1) is 17.5 Å². The van der Waals surface area contributed by atoms with Crippen LogP contribution < -0.4 is 10.6 Å². The highest BCUT2D eigenvalue weighted by Gasteiger charge is 2.42. The third-order valence-electron chi connectivity index (χ3n) is 5.05. The Hall–Kier alpha value is -2.32. The molecule has 1 saturated heterocycles. The summed E-state index contributed by atoms with van der Waals surface area (Å²) < 4.78 is 23.3. The van der Waals surface area contributed by atoms with Crippen molar-refractivity contribution in [3.8, 4) is 0 Å². The molecule has 2 aliphatic rings. The average molecular weight is 430 g/mol. The van der Waals surface area contributed by atoms with Gasteiger partial charge in [0.2, 0.25) is 0 Å². The van der Waals surface area contributed by atoms with Crippen molar-refractivity contribution in [1.82, 2.24) is 0 Å². The number of hydrogen-bond acceptors (Lipinski definition) is 6. The number of amidine groups is 1. The minimum absolute atomic E-state index is 0.00892. The highest BCUT2D eigenvalue weighted by Crippen LogP contribution is 2.34. The molecule has 0 saturated carbocycles. The maximum absolute atomic E-state index is 12.5. The van der Waals surface area contributed by atoms with E-state index in [2.05, 4.69) is 29.5 Å². The lowest BCUT2D eigenvalue weighted by molar-refractivity contribution is 0.102. The molecule has 6 nitrogen and oxygen atoms in total. The first-order chi connectivity index (χ1) is 13.8. The summed E-state index contributed by atoms with van der Waals surface area (Å²) >= 11 is 1.47. The molecule has 2 aliphatic heterocycles. The van der Waals surface area contributed by atoms with Gasteiger partial charge >= 0.3 is 0 Å². The number of thioether (sulfide) groups is 1. The topological polar surface area (TPSA) is 87.6 Å². The molecule has 4 rings (SSSR count). The van der Waals surface area contributed by atoms with Crippen LogP contribution in [0, 0.1) is 0 Å². The van der Waals surface area contributed by atoms with Gasteiger partial charge in [-0.2, -0.15) is 0 Å². The van der Waals surface area contributed by atoms with Gasteiger partial charge < -0.3 is 10.6 Å². The molecule has 0 unspecified atom stereocenters. The number of anilines is 2. The second-order valence-electron chi connectivity index (χ2n) is 7.67. The van der Waals surface area contributed by atoms with Crippen LogP contribution in [0.4, 0.5) is 11.4 Å². The molecule has 2 heterocycles. The van der Waals surface area contributed by atoms with E-state index in [0.29, 0.717) is 11.5 Å². The van der Waals surface area contributed by atoms with E-state index in [0.717, 1.165) is 16.5 Å². The molecule has 2 aromatic rings. The minimum Gasteiger partial charge on any atom is -0.335 e. The molecule has 8 heteroatoms. The summed E-state index contributed by atoms with van der Waals surface area (Å²) in [4.78, 5) is 16.9. The number of amides is 1. The Morgan fingerprint density at radius 2 is 1.69 bits per heavy atom. The molecule has 1 amide bonds. The van der Waals surface area contributed by atoms with Crippen molar-refractivity contribution in [3.05, 3.63) is 59.7 Å². The van der Waals surface area contributed by atoms with E-state index >= 15 is 0 Å². The standard InChI is InChI=1S/C21H23N3O3S2/c1-13(2)14-3-7-16(8-4-14)22-20(25)15-5-9-17(10-6-15)23-21-24-18-11-29(26,27)12-19(18)28-21/h3-10,13,18-19H,11-12H2,1-2H3,(H,22,25)(H,23,24)/t18-,19-/m1/s1. The fourth-order valence-corrected chi connectivity index (χ4v) is 7.07. The van der Waals surface area contributed by atoms with Crippen LogP contribution in [0.25, 0.3) is 0 Å². The SMILES string of the molecule is CC(C)c1ccc(NC(=O)c2ccc(NC3=N[C@@H]4CS(=O)(=O)C[C@H]4S3)cc2)cc1. The number of rotatable bonds is 4. The Bertz CT molecular complexity index is 1050. The van der Waals surface area contributed by atoms with Crippen LogP contribution in [0.15, 0.2) is 53.5 Å². The molecule has 152 valence electrons. The summed E-state index contributed by atoms with van der Waals surface area (Å²) in [5.41, 5.74) is 3.37. The summed E-state index contributed by atoms with van der Waals surface area (Å²) in [6.45, 7) is 4.26. The molecule has 1 fully saturated rings. The maximum Gasteiger partial charge on any atom is 0.255 e. The molecule has 0 aromatic heterocycles. The smallest absolute Gasteiger partial charge is 0.255 e. The van der Waals surface area contributed by atoms with Crippen molar-refractivity contribution in [1.29, 1.82) is 0 Å². The lowest BCUT2D eigenvalue weighted by atomic mass is 10.0. The van der Waals surface area contributed by atoms with E-state index in [9.17, 15) is 13.2 Å². The fraction of sp³-hybridized carbons (Fsp3) is 0.333. The molecular formula is C21H23N3O3S2. The monoisotopic (exact) mass is 429 g/mol. The molecular weight excluding hydrogens is 406 g/mol. The fourth-order valence-electron chi connectivity index (χ4n) is 3.40. The summed E-state index contributed by atoms with van der Waals surface area (Å²) in [5.74, 6) is 0.606. The van der Waals surface area contributed by atoms with Gasteiger partial charge in [-0.3, -0.25) is 9.79 Å². The van der Waals surface area contributed by atoms with E-state index in [-0.39, 0.29) is 28.7 Å². The number of sulfone groups is 1. The lowest BCUT2D eigenvalue weighted by Crippen LogP contribution is -2.13. The van der Waals surface area contributed by atoms with Crippen molar-refractivity contribution < 1.29 is 13.2 Å². The van der Waals surface area contributed by atoms with Crippen LogP contribution >= 0.6 is 11.8 Å². The Morgan fingerprint density at radius 3 is 2.31 bits per heavy atom. The van der Waals surface area contributed by atoms with Gasteiger partial charge in [-0.25, -0.2) is 8.42 Å². The van der Waals surface area contributed by atoms with Gasteiger partial charge in [-0.15, -0.1) is 0 Å². The van der Waals surface area contributed by atoms with Crippen LogP contribution in [-0.4, -0.2) is 42.3 Å². The first-order valence-electron chi connectivity index (χ1n) is 9.52. The van der Waals surface area contributed by atoms with Crippen LogP contribution in [-0.2, 0) is 9.84 Å². The lowest BCUT2D eigenvalue weighted by Gasteiger charge is -2.10. The zero-order valence-corrected chi connectivity index (χ0v) is 17.9. The normalized spacial score (nSPS) is 22.2. The quantitative estimate of drug-likeness (QED) is 0.773. The second-order valence-corrected chi connectivity index (χ2v) is 11.0. The minimum atomic E-state index is -2.95. The van der Waals surface area contributed by atoms with E-state index in [1.165, 1.54) is 17.3 Å². The van der Waals surface area contributed by atoms with Crippen molar-refractivity contribution in [2.45, 2.75) is 31.1 Å².